The van der Waals surface area contributed by atoms with E-state index >= 15 is 0 Å². The largest absolute Gasteiger partial charge is 0.573 e. The number of hydrogen-bond acceptors (Lipinski definition) is 4. The Labute approximate surface area is 263 Å². The van der Waals surface area contributed by atoms with Crippen LogP contribution in [0.2, 0.25) is 0 Å². The third-order valence-electron chi connectivity index (χ3n) is 8.83. The second-order valence-electron chi connectivity index (χ2n) is 12.1. The lowest BCUT2D eigenvalue weighted by Gasteiger charge is -2.38. The van der Waals surface area contributed by atoms with Gasteiger partial charge in [0.2, 0.25) is 5.75 Å². The summed E-state index contributed by atoms with van der Waals surface area (Å²) in [5.41, 5.74) is 1.81. The topological polar surface area (TPSA) is 36.9 Å². The first-order chi connectivity index (χ1) is 21.9. The van der Waals surface area contributed by atoms with E-state index in [4.69, 9.17) is 14.2 Å². The molecule has 2 aliphatic rings. The molecule has 0 N–H and O–H groups in total. The number of hydrogen-bond donors (Lipinski definition) is 0. The van der Waals surface area contributed by atoms with E-state index in [1.807, 2.05) is 12.1 Å². The van der Waals surface area contributed by atoms with Gasteiger partial charge in [-0.05, 0) is 97.9 Å². The lowest BCUT2D eigenvalue weighted by Crippen LogP contribution is -2.34. The molecule has 2 fully saturated rings. The molecule has 1 heterocycles. The van der Waals surface area contributed by atoms with E-state index < -0.39 is 36.1 Å². The van der Waals surface area contributed by atoms with Crippen molar-refractivity contribution < 1.29 is 49.7 Å². The molecule has 1 saturated heterocycles. The Balaban J connectivity index is 1.09. The summed E-state index contributed by atoms with van der Waals surface area (Å²) in [5.74, 6) is -3.86. The molecule has 3 aromatic rings. The highest BCUT2D eigenvalue weighted by atomic mass is 19.4. The number of ether oxygens (including phenoxy) is 4. The van der Waals surface area contributed by atoms with Gasteiger partial charge in [0.1, 0.15) is 5.75 Å². The van der Waals surface area contributed by atoms with Crippen molar-refractivity contribution in [2.24, 2.45) is 11.8 Å². The Morgan fingerprint density at radius 3 is 1.89 bits per heavy atom. The van der Waals surface area contributed by atoms with Gasteiger partial charge in [0, 0.05) is 11.5 Å². The molecular weight excluding hydrogens is 617 g/mol. The minimum atomic E-state index is -5.23. The zero-order chi connectivity index (χ0) is 32.9. The van der Waals surface area contributed by atoms with Gasteiger partial charge in [0.05, 0.1) is 18.8 Å². The molecule has 0 spiro atoms. The van der Waals surface area contributed by atoms with Gasteiger partial charge in [-0.3, -0.25) is 0 Å². The van der Waals surface area contributed by atoms with Crippen molar-refractivity contribution in [3.05, 3.63) is 94.6 Å². The van der Waals surface area contributed by atoms with Crippen molar-refractivity contribution in [1.82, 2.24) is 0 Å². The second kappa shape index (κ2) is 14.6. The van der Waals surface area contributed by atoms with Gasteiger partial charge in [-0.2, -0.15) is 8.78 Å². The summed E-state index contributed by atoms with van der Waals surface area (Å²) in [4.78, 5) is 0. The summed E-state index contributed by atoms with van der Waals surface area (Å²) in [7, 11) is 0. The molecule has 11 heteroatoms. The SMILES string of the molecule is CCCCCc1ccc(C(F)(F)Oc2ccc(C3CCC(C4COC(c5cc(F)c(OC(F)(F)F)c(F)c5)OC4)CC3)cc2)cc1. The van der Waals surface area contributed by atoms with Crippen LogP contribution in [0.3, 0.4) is 0 Å². The molecule has 46 heavy (non-hydrogen) atoms. The zero-order valence-electron chi connectivity index (χ0n) is 25.4. The van der Waals surface area contributed by atoms with Gasteiger partial charge in [-0.1, -0.05) is 44.0 Å². The van der Waals surface area contributed by atoms with E-state index in [2.05, 4.69) is 11.7 Å². The average molecular weight is 655 g/mol. The molecule has 5 rings (SSSR count). The molecular formula is C35H37F7O4. The molecule has 1 aliphatic carbocycles. The van der Waals surface area contributed by atoms with Crippen LogP contribution >= 0.6 is 0 Å². The summed E-state index contributed by atoms with van der Waals surface area (Å²) in [6.45, 7) is 2.66. The van der Waals surface area contributed by atoms with E-state index in [-0.39, 0.29) is 47.8 Å². The average Bonchev–Trinajstić information content (AvgIpc) is 3.03. The molecule has 0 unspecified atom stereocenters. The van der Waals surface area contributed by atoms with Crippen LogP contribution in [0.1, 0.15) is 86.3 Å². The molecule has 0 aromatic heterocycles. The molecule has 0 radical (unpaired) electrons. The summed E-state index contributed by atoms with van der Waals surface area (Å²) in [5, 5.41) is 0. The molecule has 3 aromatic carbocycles. The number of halogens is 7. The van der Waals surface area contributed by atoms with Crippen LogP contribution in [0.4, 0.5) is 30.7 Å². The van der Waals surface area contributed by atoms with Crippen LogP contribution < -0.4 is 9.47 Å². The minimum Gasteiger partial charge on any atom is -0.429 e. The van der Waals surface area contributed by atoms with Crippen LogP contribution in [-0.2, 0) is 22.0 Å². The Morgan fingerprint density at radius 1 is 0.717 bits per heavy atom. The lowest BCUT2D eigenvalue weighted by atomic mass is 9.74. The Bertz CT molecular complexity index is 1390. The van der Waals surface area contributed by atoms with Gasteiger partial charge < -0.3 is 18.9 Å². The van der Waals surface area contributed by atoms with Crippen molar-refractivity contribution in [3.63, 3.8) is 0 Å². The Hall–Kier alpha value is -3.31. The number of unbranched alkanes of at least 4 members (excludes halogenated alkanes) is 2. The van der Waals surface area contributed by atoms with Crippen molar-refractivity contribution in [2.45, 2.75) is 83.0 Å². The first kappa shape index (κ1) is 34.0. The fraction of sp³-hybridized carbons (Fsp3) is 0.486. The van der Waals surface area contributed by atoms with Crippen LogP contribution in [-0.4, -0.2) is 19.6 Å². The normalized spacial score (nSPS) is 22.4. The highest BCUT2D eigenvalue weighted by molar-refractivity contribution is 5.33. The van der Waals surface area contributed by atoms with Gasteiger partial charge in [-0.15, -0.1) is 13.2 Å². The third-order valence-corrected chi connectivity index (χ3v) is 8.83. The predicted octanol–water partition coefficient (Wildman–Crippen LogP) is 10.4. The van der Waals surface area contributed by atoms with Gasteiger partial charge in [-0.25, -0.2) is 8.78 Å². The summed E-state index contributed by atoms with van der Waals surface area (Å²) in [6, 6.07) is 14.5. The minimum absolute atomic E-state index is 0.0446. The molecule has 250 valence electrons. The number of rotatable bonds is 11. The second-order valence-corrected chi connectivity index (χ2v) is 12.1. The number of aryl methyl sites for hydroxylation is 1. The van der Waals surface area contributed by atoms with E-state index in [9.17, 15) is 30.7 Å². The maximum Gasteiger partial charge on any atom is 0.573 e. The third kappa shape index (κ3) is 8.73. The van der Waals surface area contributed by atoms with Crippen LogP contribution in [0, 0.1) is 23.5 Å². The predicted molar refractivity (Wildman–Crippen MR) is 157 cm³/mol. The van der Waals surface area contributed by atoms with Gasteiger partial charge >= 0.3 is 12.5 Å². The van der Waals surface area contributed by atoms with Gasteiger partial charge in [0.25, 0.3) is 0 Å². The van der Waals surface area contributed by atoms with Crippen molar-refractivity contribution in [2.75, 3.05) is 13.2 Å². The van der Waals surface area contributed by atoms with E-state index in [0.717, 1.165) is 62.5 Å². The standard InChI is InChI=1S/C35H37F7O4/c1-2-3-4-5-22-6-14-28(15-7-22)34(38,39)45-29-16-12-24(13-17-29)23-8-10-25(11-9-23)27-20-43-33(44-21-27)26-18-30(36)32(31(37)19-26)46-35(40,41)42/h6-7,12-19,23,25,27,33H,2-5,8-11,20-21H2,1H3. The summed E-state index contributed by atoms with van der Waals surface area (Å²) >= 11 is 0. The first-order valence-electron chi connectivity index (χ1n) is 15.7. The molecule has 1 aliphatic heterocycles. The highest BCUT2D eigenvalue weighted by Crippen LogP contribution is 2.42. The summed E-state index contributed by atoms with van der Waals surface area (Å²) < 4.78 is 115. The van der Waals surface area contributed by atoms with E-state index in [1.54, 1.807) is 24.3 Å². The fourth-order valence-electron chi connectivity index (χ4n) is 6.30. The van der Waals surface area contributed by atoms with Crippen LogP contribution in [0.15, 0.2) is 60.7 Å². The maximum absolute atomic E-state index is 14.9. The Kier molecular flexibility index (Phi) is 10.8. The van der Waals surface area contributed by atoms with E-state index in [1.165, 1.54) is 12.1 Å². The first-order valence-corrected chi connectivity index (χ1v) is 15.7. The zero-order valence-corrected chi connectivity index (χ0v) is 25.4. The highest BCUT2D eigenvalue weighted by Gasteiger charge is 2.37. The Morgan fingerprint density at radius 2 is 1.33 bits per heavy atom. The van der Waals surface area contributed by atoms with Crippen molar-refractivity contribution in [3.8, 4) is 11.5 Å². The van der Waals surface area contributed by atoms with E-state index in [0.29, 0.717) is 12.1 Å². The number of benzene rings is 3. The van der Waals surface area contributed by atoms with Crippen LogP contribution in [0.5, 0.6) is 11.5 Å². The quantitative estimate of drug-likeness (QED) is 0.152. The maximum atomic E-state index is 14.9. The fourth-order valence-corrected chi connectivity index (χ4v) is 6.30. The smallest absolute Gasteiger partial charge is 0.429 e. The van der Waals surface area contributed by atoms with Crippen LogP contribution in [0.25, 0.3) is 0 Å². The summed E-state index contributed by atoms with van der Waals surface area (Å²) in [6.07, 6.45) is -2.19. The molecule has 0 amide bonds. The number of alkyl halides is 5. The monoisotopic (exact) mass is 654 g/mol. The van der Waals surface area contributed by atoms with Crippen molar-refractivity contribution in [1.29, 1.82) is 0 Å². The molecule has 4 nitrogen and oxygen atoms in total. The molecule has 0 bridgehead atoms. The van der Waals surface area contributed by atoms with Gasteiger partial charge in [0.15, 0.2) is 17.9 Å². The lowest BCUT2D eigenvalue weighted by molar-refractivity contribution is -0.276. The van der Waals surface area contributed by atoms with Crippen molar-refractivity contribution >= 4 is 0 Å². The molecule has 1 saturated carbocycles. The molecule has 0 atom stereocenters.